The van der Waals surface area contributed by atoms with Crippen molar-refractivity contribution in [3.05, 3.63) is 0 Å². The standard InChI is InChI=1S/C6H15O5P/c1-5(7)3-10-6(2)4-11-12(8)9/h5-9H,3-4H2,1-2H3. The minimum atomic E-state index is -2.30. The molecule has 0 aromatic heterocycles. The Hall–Kier alpha value is 0.230. The first-order valence-corrected chi connectivity index (χ1v) is 4.79. The molecule has 0 aliphatic carbocycles. The molecule has 3 N–H and O–H groups in total. The number of rotatable bonds is 6. The van der Waals surface area contributed by atoms with Crippen LogP contribution in [0, 0.1) is 0 Å². The average Bonchev–Trinajstić information content (AvgIpc) is 1.96. The third-order valence-electron chi connectivity index (χ3n) is 1.05. The second-order valence-electron chi connectivity index (χ2n) is 2.54. The van der Waals surface area contributed by atoms with Crippen LogP contribution in [0.2, 0.25) is 0 Å². The van der Waals surface area contributed by atoms with Crippen molar-refractivity contribution in [2.75, 3.05) is 13.2 Å². The molecule has 0 bridgehead atoms. The van der Waals surface area contributed by atoms with E-state index in [2.05, 4.69) is 4.52 Å². The van der Waals surface area contributed by atoms with Crippen LogP contribution >= 0.6 is 8.60 Å². The number of ether oxygens (including phenoxy) is 1. The van der Waals surface area contributed by atoms with Crippen LogP contribution in [0.25, 0.3) is 0 Å². The quantitative estimate of drug-likeness (QED) is 0.523. The number of hydrogen-bond donors (Lipinski definition) is 3. The summed E-state index contributed by atoms with van der Waals surface area (Å²) in [4.78, 5) is 16.7. The molecule has 0 radical (unpaired) electrons. The van der Waals surface area contributed by atoms with Gasteiger partial charge in [0.2, 0.25) is 0 Å². The SMILES string of the molecule is CC(O)COC(C)COP(O)O. The summed E-state index contributed by atoms with van der Waals surface area (Å²) >= 11 is 0. The van der Waals surface area contributed by atoms with Crippen LogP contribution in [0.3, 0.4) is 0 Å². The van der Waals surface area contributed by atoms with Crippen molar-refractivity contribution >= 4 is 8.60 Å². The Kier molecular flexibility index (Phi) is 6.84. The van der Waals surface area contributed by atoms with Gasteiger partial charge in [0.1, 0.15) is 0 Å². The fraction of sp³-hybridized carbons (Fsp3) is 1.00. The van der Waals surface area contributed by atoms with Crippen molar-refractivity contribution in [2.24, 2.45) is 0 Å². The van der Waals surface area contributed by atoms with Crippen molar-refractivity contribution < 1.29 is 24.2 Å². The highest BCUT2D eigenvalue weighted by atomic mass is 31.2. The van der Waals surface area contributed by atoms with E-state index in [1.807, 2.05) is 0 Å². The summed E-state index contributed by atoms with van der Waals surface area (Å²) in [5.41, 5.74) is 0. The van der Waals surface area contributed by atoms with Gasteiger partial charge in [0.15, 0.2) is 0 Å². The zero-order valence-electron chi connectivity index (χ0n) is 7.17. The van der Waals surface area contributed by atoms with Crippen molar-refractivity contribution in [2.45, 2.75) is 26.1 Å². The van der Waals surface area contributed by atoms with E-state index in [1.54, 1.807) is 13.8 Å². The molecule has 0 saturated carbocycles. The Balaban J connectivity index is 3.27. The van der Waals surface area contributed by atoms with E-state index in [-0.39, 0.29) is 19.3 Å². The molecule has 6 heteroatoms. The Morgan fingerprint density at radius 1 is 1.25 bits per heavy atom. The number of aliphatic hydroxyl groups is 1. The second-order valence-corrected chi connectivity index (χ2v) is 3.31. The molecule has 0 aliphatic rings. The van der Waals surface area contributed by atoms with Crippen LogP contribution in [0.15, 0.2) is 0 Å². The van der Waals surface area contributed by atoms with E-state index < -0.39 is 14.7 Å². The monoisotopic (exact) mass is 198 g/mol. The summed E-state index contributed by atoms with van der Waals surface area (Å²) in [6, 6.07) is 0. The highest BCUT2D eigenvalue weighted by Crippen LogP contribution is 2.24. The molecule has 2 atom stereocenters. The summed E-state index contributed by atoms with van der Waals surface area (Å²) in [6.45, 7) is 3.67. The summed E-state index contributed by atoms with van der Waals surface area (Å²) in [6.07, 6.45) is -0.763. The van der Waals surface area contributed by atoms with Gasteiger partial charge < -0.3 is 24.2 Å². The fourth-order valence-corrected chi connectivity index (χ4v) is 0.867. The Morgan fingerprint density at radius 2 is 1.83 bits per heavy atom. The van der Waals surface area contributed by atoms with Gasteiger partial charge in [0.05, 0.1) is 25.4 Å². The molecule has 0 aromatic carbocycles. The molecule has 0 heterocycles. The first-order chi connectivity index (χ1) is 5.52. The predicted molar refractivity (Wildman–Crippen MR) is 44.4 cm³/mol. The predicted octanol–water partition coefficient (Wildman–Crippen LogP) is 0.000400. The molecule has 2 unspecified atom stereocenters. The van der Waals surface area contributed by atoms with Gasteiger partial charge in [-0.05, 0) is 13.8 Å². The third kappa shape index (κ3) is 8.33. The fourth-order valence-electron chi connectivity index (χ4n) is 0.523. The molecule has 74 valence electrons. The average molecular weight is 198 g/mol. The molecule has 0 aliphatic heterocycles. The highest BCUT2D eigenvalue weighted by Gasteiger charge is 2.07. The third-order valence-corrected chi connectivity index (χ3v) is 1.43. The van der Waals surface area contributed by atoms with Crippen molar-refractivity contribution in [1.29, 1.82) is 0 Å². The van der Waals surface area contributed by atoms with Crippen LogP contribution in [-0.4, -0.2) is 40.3 Å². The van der Waals surface area contributed by atoms with Gasteiger partial charge in [-0.25, -0.2) is 0 Å². The number of hydrogen-bond acceptors (Lipinski definition) is 5. The van der Waals surface area contributed by atoms with Crippen LogP contribution < -0.4 is 0 Å². The van der Waals surface area contributed by atoms with Gasteiger partial charge >= 0.3 is 8.60 Å². The zero-order chi connectivity index (χ0) is 9.56. The molecule has 0 fully saturated rings. The Morgan fingerprint density at radius 3 is 2.25 bits per heavy atom. The summed E-state index contributed by atoms with van der Waals surface area (Å²) in [7, 11) is -2.30. The van der Waals surface area contributed by atoms with Crippen molar-refractivity contribution in [3.8, 4) is 0 Å². The molecule has 0 saturated heterocycles. The Bertz CT molecular complexity index is 96.1. The zero-order valence-corrected chi connectivity index (χ0v) is 8.07. The van der Waals surface area contributed by atoms with Crippen LogP contribution in [-0.2, 0) is 9.26 Å². The Labute approximate surface area is 72.9 Å². The minimum Gasteiger partial charge on any atom is -0.391 e. The second kappa shape index (κ2) is 6.71. The summed E-state index contributed by atoms with van der Waals surface area (Å²) in [5.74, 6) is 0. The first kappa shape index (κ1) is 12.2. The first-order valence-electron chi connectivity index (χ1n) is 3.63. The van der Waals surface area contributed by atoms with Gasteiger partial charge in [-0.3, -0.25) is 0 Å². The van der Waals surface area contributed by atoms with Gasteiger partial charge in [0.25, 0.3) is 0 Å². The molecule has 0 spiro atoms. The van der Waals surface area contributed by atoms with E-state index in [9.17, 15) is 0 Å². The van der Waals surface area contributed by atoms with Crippen molar-refractivity contribution in [3.63, 3.8) is 0 Å². The van der Waals surface area contributed by atoms with E-state index >= 15 is 0 Å². The lowest BCUT2D eigenvalue weighted by Crippen LogP contribution is -2.20. The maximum Gasteiger partial charge on any atom is 0.327 e. The lowest BCUT2D eigenvalue weighted by Gasteiger charge is -2.14. The van der Waals surface area contributed by atoms with Crippen LogP contribution in [0.5, 0.6) is 0 Å². The summed E-state index contributed by atoms with van der Waals surface area (Å²) < 4.78 is 9.57. The molecular formula is C6H15O5P. The van der Waals surface area contributed by atoms with Gasteiger partial charge in [-0.1, -0.05) is 0 Å². The highest BCUT2D eigenvalue weighted by molar-refractivity contribution is 7.39. The molecule has 12 heavy (non-hydrogen) atoms. The normalized spacial score (nSPS) is 16.5. The molecular weight excluding hydrogens is 183 g/mol. The molecule has 0 amide bonds. The summed E-state index contributed by atoms with van der Waals surface area (Å²) in [5, 5.41) is 8.82. The molecule has 5 nitrogen and oxygen atoms in total. The molecule has 0 rings (SSSR count). The lowest BCUT2D eigenvalue weighted by molar-refractivity contribution is -0.0148. The minimum absolute atomic E-state index is 0.116. The van der Waals surface area contributed by atoms with Gasteiger partial charge in [-0.2, -0.15) is 0 Å². The van der Waals surface area contributed by atoms with Gasteiger partial charge in [-0.15, -0.1) is 0 Å². The van der Waals surface area contributed by atoms with E-state index in [0.717, 1.165) is 0 Å². The van der Waals surface area contributed by atoms with Gasteiger partial charge in [0, 0.05) is 0 Å². The van der Waals surface area contributed by atoms with E-state index in [0.29, 0.717) is 0 Å². The van der Waals surface area contributed by atoms with Crippen LogP contribution in [0.1, 0.15) is 13.8 Å². The van der Waals surface area contributed by atoms with E-state index in [4.69, 9.17) is 19.6 Å². The number of aliphatic hydroxyl groups excluding tert-OH is 1. The topological polar surface area (TPSA) is 79.2 Å². The maximum atomic E-state index is 8.82. The van der Waals surface area contributed by atoms with Crippen molar-refractivity contribution in [1.82, 2.24) is 0 Å². The van der Waals surface area contributed by atoms with E-state index in [1.165, 1.54) is 0 Å². The van der Waals surface area contributed by atoms with Crippen LogP contribution in [0.4, 0.5) is 0 Å². The molecule has 0 aromatic rings. The maximum absolute atomic E-state index is 8.82. The lowest BCUT2D eigenvalue weighted by atomic mass is 10.4. The largest absolute Gasteiger partial charge is 0.391 e. The smallest absolute Gasteiger partial charge is 0.327 e.